The normalized spacial score (nSPS) is 15.0. The zero-order chi connectivity index (χ0) is 11.4. The molecule has 2 nitrogen and oxygen atoms in total. The van der Waals surface area contributed by atoms with Crippen LogP contribution in [0.2, 0.25) is 5.02 Å². The van der Waals surface area contributed by atoms with E-state index in [-0.39, 0.29) is 10.9 Å². The average molecular weight is 232 g/mol. The van der Waals surface area contributed by atoms with Crippen molar-refractivity contribution in [1.29, 1.82) is 0 Å². The minimum Gasteiger partial charge on any atom is -0.388 e. The summed E-state index contributed by atoms with van der Waals surface area (Å²) in [6.45, 7) is 2.31. The van der Waals surface area contributed by atoms with E-state index in [0.29, 0.717) is 12.1 Å². The fourth-order valence-electron chi connectivity index (χ4n) is 1.49. The zero-order valence-corrected chi connectivity index (χ0v) is 9.34. The van der Waals surface area contributed by atoms with E-state index < -0.39 is 11.9 Å². The van der Waals surface area contributed by atoms with E-state index in [9.17, 15) is 9.50 Å². The van der Waals surface area contributed by atoms with E-state index in [4.69, 9.17) is 17.3 Å². The molecule has 2 unspecified atom stereocenters. The lowest BCUT2D eigenvalue weighted by atomic mass is 9.93. The molecule has 0 bridgehead atoms. The van der Waals surface area contributed by atoms with Crippen LogP contribution in [0.25, 0.3) is 0 Å². The topological polar surface area (TPSA) is 46.2 Å². The summed E-state index contributed by atoms with van der Waals surface area (Å²) in [6.07, 6.45) is 0.0221. The van der Waals surface area contributed by atoms with Gasteiger partial charge >= 0.3 is 0 Å². The number of rotatable bonds is 4. The quantitative estimate of drug-likeness (QED) is 0.837. The summed E-state index contributed by atoms with van der Waals surface area (Å²) in [4.78, 5) is 0. The van der Waals surface area contributed by atoms with Gasteiger partial charge in [0.2, 0.25) is 0 Å². The van der Waals surface area contributed by atoms with Crippen LogP contribution >= 0.6 is 11.6 Å². The van der Waals surface area contributed by atoms with Crippen LogP contribution in [0.5, 0.6) is 0 Å². The summed E-state index contributed by atoms with van der Waals surface area (Å²) in [5, 5.41) is 9.97. The van der Waals surface area contributed by atoms with Gasteiger partial charge < -0.3 is 10.8 Å². The van der Waals surface area contributed by atoms with Crippen LogP contribution in [0, 0.1) is 11.7 Å². The lowest BCUT2D eigenvalue weighted by Crippen LogP contribution is -2.21. The Hall–Kier alpha value is -0.640. The van der Waals surface area contributed by atoms with Crippen LogP contribution in [0.4, 0.5) is 4.39 Å². The van der Waals surface area contributed by atoms with Crippen LogP contribution in [0.1, 0.15) is 25.0 Å². The van der Waals surface area contributed by atoms with E-state index in [1.165, 1.54) is 12.1 Å². The summed E-state index contributed by atoms with van der Waals surface area (Å²) in [5.41, 5.74) is 6.03. The fourth-order valence-corrected chi connectivity index (χ4v) is 1.60. The predicted octanol–water partition coefficient (Wildman–Crippen LogP) is 2.50. The molecule has 0 saturated heterocycles. The Bertz CT molecular complexity index is 328. The van der Waals surface area contributed by atoms with Crippen LogP contribution in [0.15, 0.2) is 18.2 Å². The second kappa shape index (κ2) is 5.45. The van der Waals surface area contributed by atoms with Gasteiger partial charge in [-0.2, -0.15) is 0 Å². The van der Waals surface area contributed by atoms with Crippen molar-refractivity contribution in [2.75, 3.05) is 6.54 Å². The van der Waals surface area contributed by atoms with E-state index in [0.717, 1.165) is 6.42 Å². The molecule has 0 radical (unpaired) electrons. The SMILES string of the molecule is CCC(CN)C(O)c1ccc(Cl)c(F)c1. The Morgan fingerprint density at radius 2 is 2.20 bits per heavy atom. The number of aliphatic hydroxyl groups excluding tert-OH is 1. The van der Waals surface area contributed by atoms with Crippen molar-refractivity contribution in [2.24, 2.45) is 11.7 Å². The Morgan fingerprint density at radius 1 is 1.53 bits per heavy atom. The van der Waals surface area contributed by atoms with Crippen molar-refractivity contribution in [3.63, 3.8) is 0 Å². The van der Waals surface area contributed by atoms with Gasteiger partial charge in [0.15, 0.2) is 0 Å². The highest BCUT2D eigenvalue weighted by atomic mass is 35.5. The maximum atomic E-state index is 13.1. The molecule has 2 atom stereocenters. The molecular formula is C11H15ClFNO. The maximum absolute atomic E-state index is 13.1. The summed E-state index contributed by atoms with van der Waals surface area (Å²) >= 11 is 5.55. The van der Waals surface area contributed by atoms with Crippen LogP contribution in [0.3, 0.4) is 0 Å². The first kappa shape index (κ1) is 12.4. The monoisotopic (exact) mass is 231 g/mol. The van der Waals surface area contributed by atoms with Gasteiger partial charge in [0, 0.05) is 5.92 Å². The largest absolute Gasteiger partial charge is 0.388 e. The summed E-state index contributed by atoms with van der Waals surface area (Å²) in [6, 6.07) is 4.32. The van der Waals surface area contributed by atoms with Gasteiger partial charge in [-0.25, -0.2) is 4.39 Å². The highest BCUT2D eigenvalue weighted by Crippen LogP contribution is 2.26. The van der Waals surface area contributed by atoms with Gasteiger partial charge in [0.1, 0.15) is 5.82 Å². The van der Waals surface area contributed by atoms with Crippen molar-refractivity contribution in [3.8, 4) is 0 Å². The van der Waals surface area contributed by atoms with Crippen LogP contribution < -0.4 is 5.73 Å². The first-order chi connectivity index (χ1) is 7.10. The third-order valence-electron chi connectivity index (χ3n) is 2.56. The molecule has 1 aromatic rings. The first-order valence-electron chi connectivity index (χ1n) is 4.93. The van der Waals surface area contributed by atoms with E-state index in [1.807, 2.05) is 6.92 Å². The van der Waals surface area contributed by atoms with E-state index in [1.54, 1.807) is 6.07 Å². The molecule has 1 rings (SSSR count). The molecule has 0 aliphatic heterocycles. The molecule has 0 aromatic heterocycles. The lowest BCUT2D eigenvalue weighted by molar-refractivity contribution is 0.110. The smallest absolute Gasteiger partial charge is 0.142 e. The molecule has 0 heterocycles. The molecule has 4 heteroatoms. The molecule has 15 heavy (non-hydrogen) atoms. The number of halogens is 2. The van der Waals surface area contributed by atoms with Gasteiger partial charge in [-0.05, 0) is 30.7 Å². The Balaban J connectivity index is 2.90. The van der Waals surface area contributed by atoms with Crippen molar-refractivity contribution < 1.29 is 9.50 Å². The standard InChI is InChI=1S/C11H15ClFNO/c1-2-7(6-14)11(15)8-3-4-9(12)10(13)5-8/h3-5,7,11,15H,2,6,14H2,1H3. The van der Waals surface area contributed by atoms with Gasteiger partial charge in [0.25, 0.3) is 0 Å². The van der Waals surface area contributed by atoms with E-state index >= 15 is 0 Å². The third-order valence-corrected chi connectivity index (χ3v) is 2.87. The summed E-state index contributed by atoms with van der Waals surface area (Å²) < 4.78 is 13.1. The Labute approximate surface area is 93.9 Å². The molecule has 3 N–H and O–H groups in total. The fraction of sp³-hybridized carbons (Fsp3) is 0.455. The molecule has 0 amide bonds. The average Bonchev–Trinajstić information content (AvgIpc) is 2.23. The minimum atomic E-state index is -0.730. The molecular weight excluding hydrogens is 217 g/mol. The molecule has 0 aliphatic carbocycles. The number of benzene rings is 1. The second-order valence-electron chi connectivity index (χ2n) is 3.52. The van der Waals surface area contributed by atoms with Crippen molar-refractivity contribution in [2.45, 2.75) is 19.4 Å². The second-order valence-corrected chi connectivity index (χ2v) is 3.93. The highest BCUT2D eigenvalue weighted by Gasteiger charge is 2.18. The van der Waals surface area contributed by atoms with Crippen LogP contribution in [-0.2, 0) is 0 Å². The van der Waals surface area contributed by atoms with Gasteiger partial charge in [-0.1, -0.05) is 24.6 Å². The van der Waals surface area contributed by atoms with Crippen molar-refractivity contribution >= 4 is 11.6 Å². The maximum Gasteiger partial charge on any atom is 0.142 e. The van der Waals surface area contributed by atoms with Crippen molar-refractivity contribution in [1.82, 2.24) is 0 Å². The van der Waals surface area contributed by atoms with Gasteiger partial charge in [-0.3, -0.25) is 0 Å². The number of aliphatic hydroxyl groups is 1. The molecule has 0 fully saturated rings. The molecule has 0 saturated carbocycles. The predicted molar refractivity (Wildman–Crippen MR) is 59.2 cm³/mol. The lowest BCUT2D eigenvalue weighted by Gasteiger charge is -2.20. The number of hydrogen-bond acceptors (Lipinski definition) is 2. The minimum absolute atomic E-state index is 0.0504. The summed E-state index contributed by atoms with van der Waals surface area (Å²) in [7, 11) is 0. The van der Waals surface area contributed by atoms with Gasteiger partial charge in [-0.15, -0.1) is 0 Å². The molecule has 84 valence electrons. The first-order valence-corrected chi connectivity index (χ1v) is 5.31. The molecule has 0 spiro atoms. The third kappa shape index (κ3) is 2.91. The number of nitrogens with two attached hydrogens (primary N) is 1. The Morgan fingerprint density at radius 3 is 2.67 bits per heavy atom. The van der Waals surface area contributed by atoms with Gasteiger partial charge in [0.05, 0.1) is 11.1 Å². The van der Waals surface area contributed by atoms with Crippen molar-refractivity contribution in [3.05, 3.63) is 34.6 Å². The summed E-state index contributed by atoms with van der Waals surface area (Å²) in [5.74, 6) is -0.564. The Kier molecular flexibility index (Phi) is 4.51. The molecule has 1 aromatic carbocycles. The highest BCUT2D eigenvalue weighted by molar-refractivity contribution is 6.30. The zero-order valence-electron chi connectivity index (χ0n) is 8.58. The van der Waals surface area contributed by atoms with Crippen LogP contribution in [-0.4, -0.2) is 11.7 Å². The number of hydrogen-bond donors (Lipinski definition) is 2. The molecule has 0 aliphatic rings. The van der Waals surface area contributed by atoms with E-state index in [2.05, 4.69) is 0 Å².